The Labute approximate surface area is 129 Å². The van der Waals surface area contributed by atoms with Crippen molar-refractivity contribution in [3.05, 3.63) is 46.6 Å². The van der Waals surface area contributed by atoms with Gasteiger partial charge in [0.2, 0.25) is 5.89 Å². The first kappa shape index (κ1) is 14.5. The molecule has 21 heavy (non-hydrogen) atoms. The molecule has 4 nitrogen and oxygen atoms in total. The molecule has 2 heterocycles. The summed E-state index contributed by atoms with van der Waals surface area (Å²) in [6.07, 6.45) is 6.38. The van der Waals surface area contributed by atoms with Gasteiger partial charge in [0.05, 0.1) is 0 Å². The number of aromatic nitrogens is 2. The Morgan fingerprint density at radius 3 is 3.00 bits per heavy atom. The van der Waals surface area contributed by atoms with Crippen LogP contribution < -0.4 is 5.32 Å². The third kappa shape index (κ3) is 4.05. The summed E-state index contributed by atoms with van der Waals surface area (Å²) in [5.41, 5.74) is 1.03. The summed E-state index contributed by atoms with van der Waals surface area (Å²) in [4.78, 5) is 4.47. The lowest BCUT2D eigenvalue weighted by atomic mass is 10.0. The van der Waals surface area contributed by atoms with Crippen molar-refractivity contribution in [1.29, 1.82) is 0 Å². The molecule has 0 saturated carbocycles. The smallest absolute Gasteiger partial charge is 0.226 e. The van der Waals surface area contributed by atoms with Crippen LogP contribution in [0.4, 0.5) is 0 Å². The Balaban J connectivity index is 1.55. The third-order valence-electron chi connectivity index (χ3n) is 3.94. The lowest BCUT2D eigenvalue weighted by Gasteiger charge is -2.22. The number of aryl methyl sites for hydroxylation is 1. The predicted molar refractivity (Wildman–Crippen MR) is 82.5 cm³/mol. The van der Waals surface area contributed by atoms with Gasteiger partial charge in [0.25, 0.3) is 0 Å². The van der Waals surface area contributed by atoms with Gasteiger partial charge in [-0.05, 0) is 37.4 Å². The van der Waals surface area contributed by atoms with E-state index < -0.39 is 0 Å². The monoisotopic (exact) mass is 305 g/mol. The van der Waals surface area contributed by atoms with Crippen LogP contribution in [0.15, 0.2) is 28.8 Å². The molecule has 0 amide bonds. The number of hydrogen-bond acceptors (Lipinski definition) is 4. The fourth-order valence-electron chi connectivity index (χ4n) is 2.74. The van der Waals surface area contributed by atoms with Crippen LogP contribution in [0.5, 0.6) is 0 Å². The molecule has 1 aliphatic heterocycles. The molecule has 1 aromatic heterocycles. The Morgan fingerprint density at radius 2 is 2.19 bits per heavy atom. The number of nitrogens with zero attached hydrogens (tertiary/aromatic N) is 2. The quantitative estimate of drug-likeness (QED) is 0.920. The Bertz CT molecular complexity index is 578. The maximum Gasteiger partial charge on any atom is 0.226 e. The van der Waals surface area contributed by atoms with Crippen molar-refractivity contribution < 1.29 is 4.52 Å². The van der Waals surface area contributed by atoms with Gasteiger partial charge in [-0.25, -0.2) is 0 Å². The molecule has 1 atom stereocenters. The van der Waals surface area contributed by atoms with Gasteiger partial charge in [0.15, 0.2) is 5.82 Å². The molecule has 112 valence electrons. The normalized spacial score (nSPS) is 18.8. The van der Waals surface area contributed by atoms with Crippen molar-refractivity contribution in [2.45, 2.75) is 44.6 Å². The van der Waals surface area contributed by atoms with Crippen LogP contribution in [0.3, 0.4) is 0 Å². The maximum atomic E-state index is 6.15. The fourth-order valence-corrected chi connectivity index (χ4v) is 2.95. The second-order valence-corrected chi connectivity index (χ2v) is 5.97. The van der Waals surface area contributed by atoms with Crippen LogP contribution in [0, 0.1) is 0 Å². The zero-order valence-electron chi connectivity index (χ0n) is 12.0. The zero-order chi connectivity index (χ0) is 14.5. The number of rotatable bonds is 5. The van der Waals surface area contributed by atoms with Crippen LogP contribution in [0.25, 0.3) is 0 Å². The second kappa shape index (κ2) is 7.05. The van der Waals surface area contributed by atoms with Gasteiger partial charge >= 0.3 is 0 Å². The van der Waals surface area contributed by atoms with E-state index in [1.807, 2.05) is 24.3 Å². The van der Waals surface area contributed by atoms with Crippen molar-refractivity contribution >= 4 is 11.6 Å². The molecule has 0 spiro atoms. The molecule has 3 rings (SSSR count). The second-order valence-electron chi connectivity index (χ2n) is 5.56. The highest BCUT2D eigenvalue weighted by atomic mass is 35.5. The fraction of sp³-hybridized carbons (Fsp3) is 0.500. The van der Waals surface area contributed by atoms with E-state index in [9.17, 15) is 0 Å². The number of nitrogens with one attached hydrogen (secondary N) is 1. The maximum absolute atomic E-state index is 6.15. The Morgan fingerprint density at radius 1 is 1.29 bits per heavy atom. The van der Waals surface area contributed by atoms with Gasteiger partial charge in [-0.1, -0.05) is 41.4 Å². The molecule has 1 unspecified atom stereocenters. The van der Waals surface area contributed by atoms with E-state index in [1.165, 1.54) is 19.3 Å². The molecular weight excluding hydrogens is 286 g/mol. The number of benzene rings is 1. The molecule has 0 aliphatic carbocycles. The highest BCUT2D eigenvalue weighted by molar-refractivity contribution is 6.31. The molecule has 1 aromatic carbocycles. The summed E-state index contributed by atoms with van der Waals surface area (Å²) in [7, 11) is 0. The molecule has 0 radical (unpaired) electrons. The van der Waals surface area contributed by atoms with Crippen LogP contribution >= 0.6 is 11.6 Å². The van der Waals surface area contributed by atoms with Gasteiger partial charge in [0, 0.05) is 23.9 Å². The first-order valence-corrected chi connectivity index (χ1v) is 7.97. The molecule has 1 N–H and O–H groups in total. The molecule has 5 heteroatoms. The lowest BCUT2D eigenvalue weighted by Crippen LogP contribution is -2.34. The number of piperidine rings is 1. The van der Waals surface area contributed by atoms with Crippen molar-refractivity contribution in [3.8, 4) is 0 Å². The van der Waals surface area contributed by atoms with Gasteiger partial charge in [-0.2, -0.15) is 4.98 Å². The first-order chi connectivity index (χ1) is 10.3. The number of halogens is 1. The molecule has 0 bridgehead atoms. The van der Waals surface area contributed by atoms with E-state index >= 15 is 0 Å². The van der Waals surface area contributed by atoms with Crippen molar-refractivity contribution in [2.75, 3.05) is 6.54 Å². The first-order valence-electron chi connectivity index (χ1n) is 7.59. The van der Waals surface area contributed by atoms with E-state index in [1.54, 1.807) is 0 Å². The van der Waals surface area contributed by atoms with Crippen molar-refractivity contribution in [2.24, 2.45) is 0 Å². The minimum absolute atomic E-state index is 0.595. The summed E-state index contributed by atoms with van der Waals surface area (Å²) in [6.45, 7) is 1.13. The van der Waals surface area contributed by atoms with Crippen LogP contribution in [-0.4, -0.2) is 22.7 Å². The standard InChI is InChI=1S/C16H20ClN3O/c17-14-7-2-1-5-12(14)11-15-19-16(21-20-15)9-8-13-6-3-4-10-18-13/h1-2,5,7,13,18H,3-4,6,8-11H2. The third-order valence-corrected chi connectivity index (χ3v) is 4.30. The molecule has 1 aliphatic rings. The summed E-state index contributed by atoms with van der Waals surface area (Å²) in [5, 5.41) is 8.33. The van der Waals surface area contributed by atoms with Crippen LogP contribution in [-0.2, 0) is 12.8 Å². The van der Waals surface area contributed by atoms with E-state index in [-0.39, 0.29) is 0 Å². The summed E-state index contributed by atoms with van der Waals surface area (Å²) < 4.78 is 5.34. The van der Waals surface area contributed by atoms with E-state index in [0.717, 1.165) is 35.9 Å². The molecule has 1 saturated heterocycles. The van der Waals surface area contributed by atoms with Crippen LogP contribution in [0.2, 0.25) is 5.02 Å². The van der Waals surface area contributed by atoms with Gasteiger partial charge in [-0.15, -0.1) is 0 Å². The summed E-state index contributed by atoms with van der Waals surface area (Å²) >= 11 is 6.15. The average Bonchev–Trinajstić information content (AvgIpc) is 2.96. The topological polar surface area (TPSA) is 51.0 Å². The van der Waals surface area contributed by atoms with E-state index in [4.69, 9.17) is 16.1 Å². The van der Waals surface area contributed by atoms with E-state index in [2.05, 4.69) is 15.5 Å². The number of hydrogen-bond donors (Lipinski definition) is 1. The summed E-state index contributed by atoms with van der Waals surface area (Å²) in [6, 6.07) is 8.36. The minimum atomic E-state index is 0.595. The largest absolute Gasteiger partial charge is 0.339 e. The molecular formula is C16H20ClN3O. The van der Waals surface area contributed by atoms with Crippen molar-refractivity contribution in [3.63, 3.8) is 0 Å². The molecule has 2 aromatic rings. The minimum Gasteiger partial charge on any atom is -0.339 e. The summed E-state index contributed by atoms with van der Waals surface area (Å²) in [5.74, 6) is 1.43. The van der Waals surface area contributed by atoms with Gasteiger partial charge in [-0.3, -0.25) is 0 Å². The molecule has 1 fully saturated rings. The highest BCUT2D eigenvalue weighted by Crippen LogP contribution is 2.18. The van der Waals surface area contributed by atoms with Crippen LogP contribution in [0.1, 0.15) is 43.0 Å². The van der Waals surface area contributed by atoms with Gasteiger partial charge in [0.1, 0.15) is 0 Å². The van der Waals surface area contributed by atoms with Gasteiger partial charge < -0.3 is 9.84 Å². The average molecular weight is 306 g/mol. The SMILES string of the molecule is Clc1ccccc1Cc1noc(CCC2CCCCN2)n1. The zero-order valence-corrected chi connectivity index (χ0v) is 12.8. The Hall–Kier alpha value is -1.39. The van der Waals surface area contributed by atoms with Crippen molar-refractivity contribution in [1.82, 2.24) is 15.5 Å². The Kier molecular flexibility index (Phi) is 4.88. The predicted octanol–water partition coefficient (Wildman–Crippen LogP) is 3.39. The highest BCUT2D eigenvalue weighted by Gasteiger charge is 2.15. The lowest BCUT2D eigenvalue weighted by molar-refractivity contribution is 0.341. The van der Waals surface area contributed by atoms with E-state index in [0.29, 0.717) is 18.3 Å².